The maximum absolute atomic E-state index is 12.6. The largest absolute Gasteiger partial charge is 0.470 e. The number of alkyl halides is 3. The van der Waals surface area contributed by atoms with Gasteiger partial charge in [-0.15, -0.1) is 10.2 Å². The van der Waals surface area contributed by atoms with Gasteiger partial charge in [0.1, 0.15) is 0 Å². The van der Waals surface area contributed by atoms with Crippen LogP contribution in [0, 0.1) is 0 Å². The smallest absolute Gasteiger partial charge is 0.417 e. The lowest BCUT2D eigenvalue weighted by Crippen LogP contribution is -2.38. The average Bonchev–Trinajstić information content (AvgIpc) is 3.38. The number of amides is 1. The van der Waals surface area contributed by atoms with Crippen molar-refractivity contribution in [2.45, 2.75) is 24.9 Å². The molecular formula is C18H15F3N4O3. The number of rotatable bonds is 3. The number of benzene rings is 1. The van der Waals surface area contributed by atoms with E-state index in [0.717, 1.165) is 5.56 Å². The second kappa shape index (κ2) is 7.10. The van der Waals surface area contributed by atoms with Gasteiger partial charge in [-0.3, -0.25) is 4.79 Å². The van der Waals surface area contributed by atoms with Crippen LogP contribution in [0.1, 0.15) is 41.0 Å². The first kappa shape index (κ1) is 18.2. The third-order valence-electron chi connectivity index (χ3n) is 4.60. The van der Waals surface area contributed by atoms with Crippen LogP contribution in [0.5, 0.6) is 0 Å². The van der Waals surface area contributed by atoms with Crippen molar-refractivity contribution in [3.63, 3.8) is 0 Å². The van der Waals surface area contributed by atoms with E-state index < -0.39 is 12.1 Å². The molecule has 0 bridgehead atoms. The van der Waals surface area contributed by atoms with Crippen LogP contribution in [0.2, 0.25) is 0 Å². The van der Waals surface area contributed by atoms with Crippen molar-refractivity contribution in [3.05, 3.63) is 53.9 Å². The fourth-order valence-electron chi connectivity index (χ4n) is 3.12. The lowest BCUT2D eigenvalue weighted by molar-refractivity contribution is -0.157. The van der Waals surface area contributed by atoms with Crippen LogP contribution >= 0.6 is 0 Å². The van der Waals surface area contributed by atoms with E-state index in [-0.39, 0.29) is 23.4 Å². The molecule has 3 aromatic rings. The maximum atomic E-state index is 12.6. The van der Waals surface area contributed by atoms with Gasteiger partial charge in [0.05, 0.1) is 0 Å². The molecule has 1 aliphatic heterocycles. The summed E-state index contributed by atoms with van der Waals surface area (Å²) in [6.07, 6.45) is -3.81. The summed E-state index contributed by atoms with van der Waals surface area (Å²) in [5.41, 5.74) is 0.999. The van der Waals surface area contributed by atoms with Crippen molar-refractivity contribution in [1.82, 2.24) is 20.3 Å². The summed E-state index contributed by atoms with van der Waals surface area (Å²) in [6.45, 7) is 0.696. The molecule has 2 aromatic heterocycles. The van der Waals surface area contributed by atoms with E-state index in [1.807, 2.05) is 30.3 Å². The van der Waals surface area contributed by atoms with Gasteiger partial charge in [0, 0.05) is 30.6 Å². The Bertz CT molecular complexity index is 960. The van der Waals surface area contributed by atoms with Crippen LogP contribution in [-0.2, 0) is 6.18 Å². The molecule has 3 heterocycles. The first-order chi connectivity index (χ1) is 13.4. The van der Waals surface area contributed by atoms with Crippen LogP contribution in [0.25, 0.3) is 11.3 Å². The molecule has 0 unspecified atom stereocenters. The Kier molecular flexibility index (Phi) is 4.62. The topological polar surface area (TPSA) is 85.3 Å². The van der Waals surface area contributed by atoms with Crippen LogP contribution in [-0.4, -0.2) is 39.3 Å². The Hall–Kier alpha value is -3.17. The van der Waals surface area contributed by atoms with Gasteiger partial charge in [0.2, 0.25) is 5.89 Å². The number of likely N-dealkylation sites (tertiary alicyclic amines) is 1. The molecule has 28 heavy (non-hydrogen) atoms. The van der Waals surface area contributed by atoms with E-state index in [1.165, 1.54) is 0 Å². The molecule has 0 atom stereocenters. The van der Waals surface area contributed by atoms with Crippen LogP contribution in [0.3, 0.4) is 0 Å². The van der Waals surface area contributed by atoms with Crippen molar-refractivity contribution in [2.75, 3.05) is 13.1 Å². The zero-order valence-electron chi connectivity index (χ0n) is 14.5. The van der Waals surface area contributed by atoms with Crippen molar-refractivity contribution >= 4 is 5.91 Å². The van der Waals surface area contributed by atoms with E-state index in [4.69, 9.17) is 8.94 Å². The first-order valence-electron chi connectivity index (χ1n) is 8.64. The highest BCUT2D eigenvalue weighted by atomic mass is 19.4. The molecule has 4 rings (SSSR count). The Morgan fingerprint density at radius 2 is 1.82 bits per heavy atom. The van der Waals surface area contributed by atoms with E-state index in [1.54, 1.807) is 11.0 Å². The number of hydrogen-bond donors (Lipinski definition) is 0. The number of aromatic nitrogens is 3. The second-order valence-corrected chi connectivity index (χ2v) is 6.45. The Balaban J connectivity index is 1.39. The zero-order valence-corrected chi connectivity index (χ0v) is 14.5. The van der Waals surface area contributed by atoms with Crippen LogP contribution < -0.4 is 0 Å². The lowest BCUT2D eigenvalue weighted by Gasteiger charge is -2.29. The molecule has 0 saturated carbocycles. The summed E-state index contributed by atoms with van der Waals surface area (Å²) >= 11 is 0. The predicted molar refractivity (Wildman–Crippen MR) is 89.1 cm³/mol. The molecule has 10 heteroatoms. The Labute approximate surface area is 157 Å². The molecule has 1 amide bonds. The van der Waals surface area contributed by atoms with E-state index in [0.29, 0.717) is 31.7 Å². The summed E-state index contributed by atoms with van der Waals surface area (Å²) in [7, 11) is 0. The summed E-state index contributed by atoms with van der Waals surface area (Å²) in [4.78, 5) is 14.2. The molecule has 0 aliphatic carbocycles. The lowest BCUT2D eigenvalue weighted by atomic mass is 9.96. The molecule has 146 valence electrons. The first-order valence-corrected chi connectivity index (χ1v) is 8.64. The molecule has 7 nitrogen and oxygen atoms in total. The van der Waals surface area contributed by atoms with Crippen LogP contribution in [0.4, 0.5) is 13.2 Å². The van der Waals surface area contributed by atoms with Crippen LogP contribution in [0.15, 0.2) is 45.3 Å². The highest BCUT2D eigenvalue weighted by Crippen LogP contribution is 2.33. The van der Waals surface area contributed by atoms with E-state index in [2.05, 4.69) is 15.4 Å². The highest BCUT2D eigenvalue weighted by Gasteiger charge is 2.39. The number of halogens is 3. The molecule has 0 radical (unpaired) electrons. The number of nitrogens with zero attached hydrogens (tertiary/aromatic N) is 4. The SMILES string of the molecule is O=C(c1cc(-c2ccccc2)on1)N1CCC(c2nnc(C(F)(F)F)o2)CC1. The molecule has 1 saturated heterocycles. The van der Waals surface area contributed by atoms with Crippen molar-refractivity contribution < 1.29 is 26.9 Å². The van der Waals surface area contributed by atoms with Gasteiger partial charge in [-0.2, -0.15) is 13.2 Å². The van der Waals surface area contributed by atoms with Gasteiger partial charge in [0.25, 0.3) is 5.91 Å². The monoisotopic (exact) mass is 392 g/mol. The normalized spacial score (nSPS) is 15.8. The average molecular weight is 392 g/mol. The second-order valence-electron chi connectivity index (χ2n) is 6.45. The quantitative estimate of drug-likeness (QED) is 0.675. The fraction of sp³-hybridized carbons (Fsp3) is 0.333. The van der Waals surface area contributed by atoms with Crippen molar-refractivity contribution in [2.24, 2.45) is 0 Å². The Morgan fingerprint density at radius 1 is 1.11 bits per heavy atom. The summed E-state index contributed by atoms with van der Waals surface area (Å²) in [5.74, 6) is -1.51. The third kappa shape index (κ3) is 3.62. The van der Waals surface area contributed by atoms with Crippen molar-refractivity contribution in [1.29, 1.82) is 0 Å². The number of hydrogen-bond acceptors (Lipinski definition) is 6. The minimum atomic E-state index is -4.66. The van der Waals surface area contributed by atoms with Gasteiger partial charge in [-0.05, 0) is 12.8 Å². The standard InChI is InChI=1S/C18H15F3N4O3/c19-18(20,21)17-23-22-15(27-17)12-6-8-25(9-7-12)16(26)13-10-14(28-24-13)11-4-2-1-3-5-11/h1-5,10,12H,6-9H2. The molecular weight excluding hydrogens is 377 g/mol. The maximum Gasteiger partial charge on any atom is 0.470 e. The summed E-state index contributed by atoms with van der Waals surface area (Å²) < 4.78 is 47.7. The minimum Gasteiger partial charge on any atom is -0.417 e. The van der Waals surface area contributed by atoms with Gasteiger partial charge in [-0.25, -0.2) is 0 Å². The third-order valence-corrected chi connectivity index (χ3v) is 4.60. The summed E-state index contributed by atoms with van der Waals surface area (Å²) in [6, 6.07) is 10.9. The molecule has 1 fully saturated rings. The minimum absolute atomic E-state index is 0.0489. The van der Waals surface area contributed by atoms with Gasteiger partial charge >= 0.3 is 12.1 Å². The van der Waals surface area contributed by atoms with E-state index >= 15 is 0 Å². The molecule has 1 aliphatic rings. The summed E-state index contributed by atoms with van der Waals surface area (Å²) in [5, 5.41) is 10.4. The van der Waals surface area contributed by atoms with E-state index in [9.17, 15) is 18.0 Å². The van der Waals surface area contributed by atoms with Crippen molar-refractivity contribution in [3.8, 4) is 11.3 Å². The fourth-order valence-corrected chi connectivity index (χ4v) is 3.12. The molecule has 0 N–H and O–H groups in total. The van der Waals surface area contributed by atoms with Gasteiger partial charge in [-0.1, -0.05) is 35.5 Å². The predicted octanol–water partition coefficient (Wildman–Crippen LogP) is 3.76. The van der Waals surface area contributed by atoms with Gasteiger partial charge in [0.15, 0.2) is 11.5 Å². The molecule has 0 spiro atoms. The van der Waals surface area contributed by atoms with Gasteiger partial charge < -0.3 is 13.8 Å². The zero-order chi connectivity index (χ0) is 19.7. The Morgan fingerprint density at radius 3 is 2.46 bits per heavy atom. The molecule has 1 aromatic carbocycles. The number of piperidine rings is 1. The highest BCUT2D eigenvalue weighted by molar-refractivity contribution is 5.93. The number of carbonyl (C=O) groups excluding carboxylic acids is 1. The number of carbonyl (C=O) groups is 1.